The Kier molecular flexibility index (Phi) is 5.53. The Labute approximate surface area is 129 Å². The maximum Gasteiger partial charge on any atom is 0.148 e. The number of hydrogen-bond acceptors (Lipinski definition) is 5. The minimum atomic E-state index is 0.558. The lowest BCUT2D eigenvalue weighted by Gasteiger charge is -2.05. The van der Waals surface area contributed by atoms with E-state index in [-0.39, 0.29) is 0 Å². The van der Waals surface area contributed by atoms with E-state index < -0.39 is 0 Å². The number of nitrogens with zero attached hydrogens (tertiary/aromatic N) is 2. The molecule has 0 fully saturated rings. The van der Waals surface area contributed by atoms with Crippen LogP contribution in [0.15, 0.2) is 11.4 Å². The normalized spacial score (nSPS) is 11.3. The molecule has 2 rings (SSSR count). The van der Waals surface area contributed by atoms with Gasteiger partial charge in [0.15, 0.2) is 0 Å². The van der Waals surface area contributed by atoms with Gasteiger partial charge in [0.2, 0.25) is 0 Å². The molecule has 6 heteroatoms. The Morgan fingerprint density at radius 3 is 2.89 bits per heavy atom. The summed E-state index contributed by atoms with van der Waals surface area (Å²) in [6.07, 6.45) is 2.13. The quantitative estimate of drug-likeness (QED) is 0.599. The van der Waals surface area contributed by atoms with E-state index in [1.165, 1.54) is 8.45 Å². The fourth-order valence-electron chi connectivity index (χ4n) is 1.52. The molecule has 2 aromatic rings. The van der Waals surface area contributed by atoms with E-state index in [0.29, 0.717) is 6.04 Å². The Hall–Kier alpha value is -0.0500. The van der Waals surface area contributed by atoms with Gasteiger partial charge in [-0.2, -0.15) is 0 Å². The van der Waals surface area contributed by atoms with Crippen LogP contribution in [0.1, 0.15) is 25.3 Å². The Morgan fingerprint density at radius 2 is 2.22 bits per heavy atom. The van der Waals surface area contributed by atoms with Crippen LogP contribution in [0.4, 0.5) is 0 Å². The number of nitrogens with one attached hydrogen (secondary N) is 1. The summed E-state index contributed by atoms with van der Waals surface area (Å²) in [6, 6.07) is 2.72. The lowest BCUT2D eigenvalue weighted by molar-refractivity contribution is 0.569. The van der Waals surface area contributed by atoms with Crippen LogP contribution in [0, 0.1) is 2.88 Å². The number of thiophene rings is 1. The molecule has 0 atom stereocenters. The van der Waals surface area contributed by atoms with Gasteiger partial charge in [-0.05, 0) is 41.6 Å². The third-order valence-electron chi connectivity index (χ3n) is 2.40. The van der Waals surface area contributed by atoms with Gasteiger partial charge in [-0.15, -0.1) is 21.5 Å². The maximum absolute atomic E-state index is 4.27. The number of halogens is 1. The number of aromatic nitrogens is 2. The van der Waals surface area contributed by atoms with Crippen LogP contribution in [0.5, 0.6) is 0 Å². The van der Waals surface area contributed by atoms with Crippen molar-refractivity contribution in [2.24, 2.45) is 0 Å². The van der Waals surface area contributed by atoms with Crippen LogP contribution in [-0.4, -0.2) is 22.8 Å². The van der Waals surface area contributed by atoms with E-state index in [1.54, 1.807) is 22.7 Å². The van der Waals surface area contributed by atoms with Crippen molar-refractivity contribution in [3.05, 3.63) is 19.3 Å². The largest absolute Gasteiger partial charge is 0.315 e. The van der Waals surface area contributed by atoms with Gasteiger partial charge in [0, 0.05) is 23.4 Å². The SMILES string of the molecule is CC(C)NCCCc1nnc(-c2csc(I)c2)s1. The van der Waals surface area contributed by atoms with Crippen LogP contribution in [0.2, 0.25) is 0 Å². The van der Waals surface area contributed by atoms with Crippen LogP contribution in [-0.2, 0) is 6.42 Å². The highest BCUT2D eigenvalue weighted by molar-refractivity contribution is 14.1. The molecule has 0 spiro atoms. The first kappa shape index (κ1) is 14.4. The molecule has 0 amide bonds. The lowest BCUT2D eigenvalue weighted by Crippen LogP contribution is -2.23. The molecule has 0 aliphatic heterocycles. The molecular weight excluding hydrogens is 377 g/mol. The van der Waals surface area contributed by atoms with Crippen LogP contribution in [0.3, 0.4) is 0 Å². The summed E-state index contributed by atoms with van der Waals surface area (Å²) < 4.78 is 1.29. The first-order valence-corrected chi connectivity index (χ1v) is 8.73. The first-order chi connectivity index (χ1) is 8.65. The van der Waals surface area contributed by atoms with Gasteiger partial charge >= 0.3 is 0 Å². The van der Waals surface area contributed by atoms with Crippen molar-refractivity contribution in [1.29, 1.82) is 0 Å². The van der Waals surface area contributed by atoms with Gasteiger partial charge in [0.1, 0.15) is 10.0 Å². The summed E-state index contributed by atoms with van der Waals surface area (Å²) >= 11 is 5.79. The molecule has 0 aliphatic rings. The third-order valence-corrected chi connectivity index (χ3v) is 5.22. The van der Waals surface area contributed by atoms with Crippen molar-refractivity contribution in [3.8, 4) is 10.6 Å². The monoisotopic (exact) mass is 393 g/mol. The minimum absolute atomic E-state index is 0.558. The van der Waals surface area contributed by atoms with Gasteiger partial charge < -0.3 is 5.32 Å². The van der Waals surface area contributed by atoms with Crippen molar-refractivity contribution >= 4 is 45.3 Å². The highest BCUT2D eigenvalue weighted by atomic mass is 127. The van der Waals surface area contributed by atoms with E-state index in [4.69, 9.17) is 0 Å². The number of hydrogen-bond donors (Lipinski definition) is 1. The molecule has 0 radical (unpaired) electrons. The summed E-state index contributed by atoms with van der Waals surface area (Å²) in [5.41, 5.74) is 1.20. The third kappa shape index (κ3) is 4.25. The zero-order valence-corrected chi connectivity index (χ0v) is 14.2. The second-order valence-electron chi connectivity index (χ2n) is 4.35. The highest BCUT2D eigenvalue weighted by Gasteiger charge is 2.08. The summed E-state index contributed by atoms with van der Waals surface area (Å²) in [5.74, 6) is 0. The Morgan fingerprint density at radius 1 is 1.39 bits per heavy atom. The molecule has 0 bridgehead atoms. The van der Waals surface area contributed by atoms with E-state index in [2.05, 4.69) is 63.4 Å². The summed E-state index contributed by atoms with van der Waals surface area (Å²) in [4.78, 5) is 0. The molecule has 1 N–H and O–H groups in total. The summed E-state index contributed by atoms with van der Waals surface area (Å²) in [6.45, 7) is 5.38. The van der Waals surface area contributed by atoms with Crippen LogP contribution in [0.25, 0.3) is 10.6 Å². The zero-order valence-electron chi connectivity index (χ0n) is 10.4. The first-order valence-electron chi connectivity index (χ1n) is 5.95. The lowest BCUT2D eigenvalue weighted by atomic mass is 10.3. The highest BCUT2D eigenvalue weighted by Crippen LogP contribution is 2.29. The Balaban J connectivity index is 1.86. The molecule has 0 saturated carbocycles. The van der Waals surface area contributed by atoms with E-state index in [1.807, 2.05) is 0 Å². The van der Waals surface area contributed by atoms with Gasteiger partial charge in [-0.25, -0.2) is 0 Å². The molecule has 3 nitrogen and oxygen atoms in total. The molecule has 18 heavy (non-hydrogen) atoms. The van der Waals surface area contributed by atoms with Crippen molar-refractivity contribution in [2.75, 3.05) is 6.54 Å². The van der Waals surface area contributed by atoms with Gasteiger partial charge in [-0.3, -0.25) is 0 Å². The topological polar surface area (TPSA) is 37.8 Å². The predicted octanol–water partition coefficient (Wildman–Crippen LogP) is 3.80. The van der Waals surface area contributed by atoms with E-state index in [0.717, 1.165) is 29.4 Å². The van der Waals surface area contributed by atoms with Crippen molar-refractivity contribution < 1.29 is 0 Å². The average molecular weight is 393 g/mol. The summed E-state index contributed by atoms with van der Waals surface area (Å²) in [5, 5.41) is 16.3. The van der Waals surface area contributed by atoms with Crippen LogP contribution < -0.4 is 5.32 Å². The molecule has 0 unspecified atom stereocenters. The van der Waals surface area contributed by atoms with Gasteiger partial charge in [0.05, 0.1) is 2.88 Å². The zero-order chi connectivity index (χ0) is 13.0. The van der Waals surface area contributed by atoms with Gasteiger partial charge in [-0.1, -0.05) is 25.2 Å². The van der Waals surface area contributed by atoms with Crippen molar-refractivity contribution in [3.63, 3.8) is 0 Å². The van der Waals surface area contributed by atoms with E-state index in [9.17, 15) is 0 Å². The van der Waals surface area contributed by atoms with Crippen molar-refractivity contribution in [2.45, 2.75) is 32.7 Å². The second-order valence-corrected chi connectivity index (χ2v) is 8.22. The second kappa shape index (κ2) is 6.93. The molecule has 2 aromatic heterocycles. The predicted molar refractivity (Wildman–Crippen MR) is 87.4 cm³/mol. The molecule has 0 saturated heterocycles. The minimum Gasteiger partial charge on any atom is -0.315 e. The maximum atomic E-state index is 4.27. The Bertz CT molecular complexity index is 493. The standard InChI is InChI=1S/C12H16IN3S2/c1-8(2)14-5-3-4-11-15-16-12(18-11)9-6-10(13)17-7-9/h6-8,14H,3-5H2,1-2H3. The smallest absolute Gasteiger partial charge is 0.148 e. The molecular formula is C12H16IN3S2. The summed E-state index contributed by atoms with van der Waals surface area (Å²) in [7, 11) is 0. The van der Waals surface area contributed by atoms with Crippen LogP contribution >= 0.6 is 45.3 Å². The number of rotatable bonds is 6. The molecule has 2 heterocycles. The van der Waals surface area contributed by atoms with E-state index >= 15 is 0 Å². The fourth-order valence-corrected chi connectivity index (χ4v) is 3.80. The van der Waals surface area contributed by atoms with Crippen molar-refractivity contribution in [1.82, 2.24) is 15.5 Å². The average Bonchev–Trinajstić information content (AvgIpc) is 2.93. The number of aryl methyl sites for hydroxylation is 1. The molecule has 98 valence electrons. The molecule has 0 aliphatic carbocycles. The molecule has 0 aromatic carbocycles. The fraction of sp³-hybridized carbons (Fsp3) is 0.500. The van der Waals surface area contributed by atoms with Gasteiger partial charge in [0.25, 0.3) is 0 Å².